The van der Waals surface area contributed by atoms with Gasteiger partial charge in [0.05, 0.1) is 25.0 Å². The lowest BCUT2D eigenvalue weighted by atomic mass is 10.1. The molecule has 114 valence electrons. The van der Waals surface area contributed by atoms with Crippen molar-refractivity contribution >= 4 is 0 Å². The Morgan fingerprint density at radius 1 is 1.05 bits per heavy atom. The first-order valence-corrected chi connectivity index (χ1v) is 7.42. The summed E-state index contributed by atoms with van der Waals surface area (Å²) in [6, 6.07) is 10.8. The molecule has 3 rings (SSSR count). The number of rotatable bonds is 5. The van der Waals surface area contributed by atoms with Gasteiger partial charge in [0.1, 0.15) is 0 Å². The van der Waals surface area contributed by atoms with E-state index in [2.05, 4.69) is 48.3 Å². The maximum Gasteiger partial charge on any atom is 0.0712 e. The van der Waals surface area contributed by atoms with E-state index in [1.54, 1.807) is 6.20 Å². The van der Waals surface area contributed by atoms with E-state index >= 15 is 0 Å². The Bertz CT molecular complexity index is 740. The first kappa shape index (κ1) is 14.5. The minimum absolute atomic E-state index is 0.0259. The smallest absolute Gasteiger partial charge is 0.0712 e. The largest absolute Gasteiger partial charge is 0.392 e. The van der Waals surface area contributed by atoms with Crippen LogP contribution in [-0.2, 0) is 13.2 Å². The van der Waals surface area contributed by atoms with Crippen LogP contribution in [0.2, 0.25) is 0 Å². The number of hydrogen-bond donors (Lipinski definition) is 1. The molecule has 5 nitrogen and oxygen atoms in total. The van der Waals surface area contributed by atoms with Gasteiger partial charge in [-0.3, -0.25) is 9.36 Å². The van der Waals surface area contributed by atoms with Crippen LogP contribution in [-0.4, -0.2) is 24.7 Å². The molecule has 2 heterocycles. The summed E-state index contributed by atoms with van der Waals surface area (Å²) >= 11 is 0. The topological polar surface area (TPSA) is 55.9 Å². The molecule has 3 aromatic rings. The Balaban J connectivity index is 1.79. The highest BCUT2D eigenvalue weighted by molar-refractivity contribution is 5.59. The minimum Gasteiger partial charge on any atom is -0.392 e. The summed E-state index contributed by atoms with van der Waals surface area (Å²) in [5.74, 6) is 0. The average molecular weight is 296 g/mol. The van der Waals surface area contributed by atoms with Gasteiger partial charge in [0.25, 0.3) is 0 Å². The van der Waals surface area contributed by atoms with Gasteiger partial charge in [-0.05, 0) is 31.0 Å². The van der Waals surface area contributed by atoms with E-state index in [0.717, 1.165) is 16.8 Å². The molecule has 0 aliphatic heterocycles. The van der Waals surface area contributed by atoms with Gasteiger partial charge >= 0.3 is 0 Å². The fourth-order valence-electron chi connectivity index (χ4n) is 2.50. The van der Waals surface area contributed by atoms with Crippen LogP contribution in [0.4, 0.5) is 0 Å². The zero-order chi connectivity index (χ0) is 15.5. The number of benzene rings is 1. The lowest BCUT2D eigenvalue weighted by molar-refractivity contribution is 0.281. The van der Waals surface area contributed by atoms with Crippen LogP contribution in [0.15, 0.2) is 48.9 Å². The van der Waals surface area contributed by atoms with E-state index in [1.807, 2.05) is 27.8 Å². The van der Waals surface area contributed by atoms with Gasteiger partial charge in [-0.15, -0.1) is 0 Å². The van der Waals surface area contributed by atoms with E-state index in [9.17, 15) is 0 Å². The van der Waals surface area contributed by atoms with Crippen molar-refractivity contribution in [3.63, 3.8) is 0 Å². The summed E-state index contributed by atoms with van der Waals surface area (Å²) in [5.41, 5.74) is 4.29. The standard InChI is InChI=1S/C17H20N4O/c1-13(2)21-17(7-8-18-21)16-5-3-14(4-6-16)10-20-11-15(12-22)9-19-20/h3-9,11,13,22H,10,12H2,1-2H3. The SMILES string of the molecule is CC(C)n1nccc1-c1ccc(Cn2cc(CO)cn2)cc1. The summed E-state index contributed by atoms with van der Waals surface area (Å²) in [7, 11) is 0. The second kappa shape index (κ2) is 6.15. The van der Waals surface area contributed by atoms with Crippen LogP contribution in [0.5, 0.6) is 0 Å². The van der Waals surface area contributed by atoms with Crippen molar-refractivity contribution < 1.29 is 5.11 Å². The average Bonchev–Trinajstić information content (AvgIpc) is 3.16. The van der Waals surface area contributed by atoms with Gasteiger partial charge in [-0.25, -0.2) is 0 Å². The summed E-state index contributed by atoms with van der Waals surface area (Å²) in [4.78, 5) is 0. The van der Waals surface area contributed by atoms with Crippen LogP contribution < -0.4 is 0 Å². The molecule has 0 aliphatic rings. The second-order valence-corrected chi connectivity index (χ2v) is 5.66. The number of aliphatic hydroxyl groups is 1. The van der Waals surface area contributed by atoms with Crippen molar-refractivity contribution in [2.24, 2.45) is 0 Å². The Hall–Kier alpha value is -2.40. The van der Waals surface area contributed by atoms with E-state index in [-0.39, 0.29) is 6.61 Å². The molecule has 0 amide bonds. The van der Waals surface area contributed by atoms with Gasteiger partial charge in [0.15, 0.2) is 0 Å². The van der Waals surface area contributed by atoms with E-state index in [1.165, 1.54) is 5.56 Å². The summed E-state index contributed by atoms with van der Waals surface area (Å²) in [5, 5.41) is 17.7. The molecule has 0 saturated carbocycles. The zero-order valence-corrected chi connectivity index (χ0v) is 12.8. The maximum atomic E-state index is 9.07. The van der Waals surface area contributed by atoms with Crippen LogP contribution in [0.25, 0.3) is 11.3 Å². The van der Waals surface area contributed by atoms with Crippen LogP contribution in [0.3, 0.4) is 0 Å². The monoisotopic (exact) mass is 296 g/mol. The number of aliphatic hydroxyl groups excluding tert-OH is 1. The van der Waals surface area contributed by atoms with Crippen molar-refractivity contribution in [3.8, 4) is 11.3 Å². The molecule has 0 radical (unpaired) electrons. The Morgan fingerprint density at radius 2 is 1.82 bits per heavy atom. The molecule has 0 atom stereocenters. The van der Waals surface area contributed by atoms with Gasteiger partial charge < -0.3 is 5.11 Å². The summed E-state index contributed by atoms with van der Waals surface area (Å²) in [6.07, 6.45) is 5.39. The quantitative estimate of drug-likeness (QED) is 0.787. The summed E-state index contributed by atoms with van der Waals surface area (Å²) < 4.78 is 3.86. The fraction of sp³-hybridized carbons (Fsp3) is 0.294. The third-order valence-electron chi connectivity index (χ3n) is 3.62. The van der Waals surface area contributed by atoms with Crippen molar-refractivity contribution in [1.29, 1.82) is 0 Å². The predicted molar refractivity (Wildman–Crippen MR) is 85.3 cm³/mol. The highest BCUT2D eigenvalue weighted by Gasteiger charge is 2.08. The maximum absolute atomic E-state index is 9.07. The van der Waals surface area contributed by atoms with Gasteiger partial charge in [0, 0.05) is 24.0 Å². The lowest BCUT2D eigenvalue weighted by Crippen LogP contribution is -2.04. The predicted octanol–water partition coefficient (Wildman–Crippen LogP) is 2.87. The van der Waals surface area contributed by atoms with Gasteiger partial charge in [-0.1, -0.05) is 24.3 Å². The Kier molecular flexibility index (Phi) is 4.06. The zero-order valence-electron chi connectivity index (χ0n) is 12.8. The number of hydrogen-bond acceptors (Lipinski definition) is 3. The molecule has 1 aromatic carbocycles. The van der Waals surface area contributed by atoms with Crippen molar-refractivity contribution in [1.82, 2.24) is 19.6 Å². The molecular formula is C17H20N4O. The van der Waals surface area contributed by atoms with E-state index < -0.39 is 0 Å². The van der Waals surface area contributed by atoms with Crippen LogP contribution >= 0.6 is 0 Å². The molecule has 5 heteroatoms. The normalized spacial score (nSPS) is 11.3. The molecule has 0 unspecified atom stereocenters. The molecule has 0 aliphatic carbocycles. The second-order valence-electron chi connectivity index (χ2n) is 5.66. The first-order valence-electron chi connectivity index (χ1n) is 7.42. The Labute approximate surface area is 129 Å². The molecule has 22 heavy (non-hydrogen) atoms. The van der Waals surface area contributed by atoms with E-state index in [4.69, 9.17) is 5.11 Å². The molecule has 0 saturated heterocycles. The summed E-state index contributed by atoms with van der Waals surface area (Å²) in [6.45, 7) is 4.98. The number of nitrogens with zero attached hydrogens (tertiary/aromatic N) is 4. The van der Waals surface area contributed by atoms with Crippen LogP contribution in [0.1, 0.15) is 31.0 Å². The third-order valence-corrected chi connectivity index (χ3v) is 3.62. The highest BCUT2D eigenvalue weighted by atomic mass is 16.3. The van der Waals surface area contributed by atoms with Crippen LogP contribution in [0, 0.1) is 0 Å². The molecule has 0 spiro atoms. The van der Waals surface area contributed by atoms with Crippen molar-refractivity contribution in [2.75, 3.05) is 0 Å². The van der Waals surface area contributed by atoms with Gasteiger partial charge in [-0.2, -0.15) is 10.2 Å². The third kappa shape index (κ3) is 2.94. The molecule has 0 fully saturated rings. The van der Waals surface area contributed by atoms with E-state index in [0.29, 0.717) is 12.6 Å². The minimum atomic E-state index is 0.0259. The molecule has 0 bridgehead atoms. The fourth-order valence-corrected chi connectivity index (χ4v) is 2.50. The number of aromatic nitrogens is 4. The van der Waals surface area contributed by atoms with Crippen molar-refractivity contribution in [2.45, 2.75) is 33.0 Å². The molecule has 2 aromatic heterocycles. The molecular weight excluding hydrogens is 276 g/mol. The van der Waals surface area contributed by atoms with Gasteiger partial charge in [0.2, 0.25) is 0 Å². The van der Waals surface area contributed by atoms with Crippen molar-refractivity contribution in [3.05, 3.63) is 60.0 Å². The highest BCUT2D eigenvalue weighted by Crippen LogP contribution is 2.22. The first-order chi connectivity index (χ1) is 10.7. The molecule has 1 N–H and O–H groups in total. The Morgan fingerprint density at radius 3 is 2.45 bits per heavy atom. The lowest BCUT2D eigenvalue weighted by Gasteiger charge is -2.11.